The lowest BCUT2D eigenvalue weighted by molar-refractivity contribution is 0.0984. The summed E-state index contributed by atoms with van der Waals surface area (Å²) in [5.74, 6) is -0.0657. The summed E-state index contributed by atoms with van der Waals surface area (Å²) in [4.78, 5) is 22.3. The summed E-state index contributed by atoms with van der Waals surface area (Å²) in [7, 11) is 1.74. The monoisotopic (exact) mass is 298 g/mol. The first-order chi connectivity index (χ1) is 10.3. The van der Waals surface area contributed by atoms with Gasteiger partial charge in [0.05, 0.1) is 0 Å². The molecular weight excluding hydrogens is 284 g/mol. The molecule has 3 rings (SSSR count). The quantitative estimate of drug-likeness (QED) is 0.744. The number of carbonyl (C=O) groups excluding carboxylic acids is 1. The average Bonchev–Trinajstić information content (AvgIpc) is 3.18. The third-order valence-corrected chi connectivity index (χ3v) is 4.01. The van der Waals surface area contributed by atoms with Crippen LogP contribution >= 0.6 is 11.3 Å². The van der Waals surface area contributed by atoms with E-state index in [4.69, 9.17) is 0 Å². The molecule has 106 valence electrons. The fraction of sp³-hybridized carbons (Fsp3) is 0.133. The first-order valence-corrected chi connectivity index (χ1v) is 7.35. The predicted octanol–water partition coefficient (Wildman–Crippen LogP) is 2.66. The Bertz CT molecular complexity index is 721. The number of aromatic nitrogens is 3. The number of hydrogen-bond donors (Lipinski definition) is 0. The van der Waals surface area contributed by atoms with Gasteiger partial charge in [-0.15, -0.1) is 11.3 Å². The van der Waals surface area contributed by atoms with Gasteiger partial charge in [0.15, 0.2) is 5.13 Å². The lowest BCUT2D eigenvalue weighted by atomic mass is 10.2. The highest BCUT2D eigenvalue weighted by atomic mass is 32.1. The minimum atomic E-state index is -0.0657. The number of nitrogens with zero attached hydrogens (tertiary/aromatic N) is 4. The summed E-state index contributed by atoms with van der Waals surface area (Å²) in [6.07, 6.45) is 7.10. The Kier molecular flexibility index (Phi) is 3.79. The fourth-order valence-electron chi connectivity index (χ4n) is 2.07. The topological polar surface area (TPSA) is 51.0 Å². The Morgan fingerprint density at radius 3 is 2.81 bits per heavy atom. The molecule has 0 aromatic carbocycles. The summed E-state index contributed by atoms with van der Waals surface area (Å²) < 4.78 is 1.93. The molecule has 0 bridgehead atoms. The van der Waals surface area contributed by atoms with Crippen molar-refractivity contribution in [2.75, 3.05) is 11.9 Å². The van der Waals surface area contributed by atoms with Crippen LogP contribution in [-0.2, 0) is 6.54 Å². The maximum absolute atomic E-state index is 12.6. The zero-order valence-electron chi connectivity index (χ0n) is 11.5. The SMILES string of the molecule is CN(C(=O)c1cccn1Cc1ccncc1)c1nccs1. The highest BCUT2D eigenvalue weighted by molar-refractivity contribution is 7.13. The molecule has 3 aromatic rings. The Morgan fingerprint density at radius 2 is 2.10 bits per heavy atom. The van der Waals surface area contributed by atoms with E-state index in [0.29, 0.717) is 17.4 Å². The average molecular weight is 298 g/mol. The second-order valence-electron chi connectivity index (χ2n) is 4.56. The molecule has 0 aliphatic rings. The molecule has 6 heteroatoms. The van der Waals surface area contributed by atoms with Crippen molar-refractivity contribution >= 4 is 22.4 Å². The zero-order valence-corrected chi connectivity index (χ0v) is 12.3. The minimum absolute atomic E-state index is 0.0657. The van der Waals surface area contributed by atoms with Crippen molar-refractivity contribution in [1.29, 1.82) is 0 Å². The maximum atomic E-state index is 12.6. The highest BCUT2D eigenvalue weighted by Gasteiger charge is 2.18. The molecule has 5 nitrogen and oxygen atoms in total. The Labute approximate surface area is 126 Å². The molecule has 0 fully saturated rings. The number of thiazole rings is 1. The van der Waals surface area contributed by atoms with E-state index in [-0.39, 0.29) is 5.91 Å². The van der Waals surface area contributed by atoms with E-state index >= 15 is 0 Å². The lowest BCUT2D eigenvalue weighted by Gasteiger charge is -2.15. The van der Waals surface area contributed by atoms with E-state index in [0.717, 1.165) is 5.56 Å². The molecule has 0 N–H and O–H groups in total. The van der Waals surface area contributed by atoms with Crippen LogP contribution in [0.3, 0.4) is 0 Å². The van der Waals surface area contributed by atoms with Crippen LogP contribution in [0.2, 0.25) is 0 Å². The van der Waals surface area contributed by atoms with Crippen LogP contribution in [0.15, 0.2) is 54.4 Å². The number of carbonyl (C=O) groups is 1. The number of anilines is 1. The van der Waals surface area contributed by atoms with Crippen LogP contribution in [-0.4, -0.2) is 27.5 Å². The highest BCUT2D eigenvalue weighted by Crippen LogP contribution is 2.18. The summed E-state index contributed by atoms with van der Waals surface area (Å²) in [6, 6.07) is 7.59. The van der Waals surface area contributed by atoms with Gasteiger partial charge in [-0.2, -0.15) is 0 Å². The number of rotatable bonds is 4. The van der Waals surface area contributed by atoms with E-state index in [2.05, 4.69) is 9.97 Å². The van der Waals surface area contributed by atoms with Gasteiger partial charge in [0.2, 0.25) is 0 Å². The van der Waals surface area contributed by atoms with Gasteiger partial charge in [-0.25, -0.2) is 4.98 Å². The zero-order chi connectivity index (χ0) is 14.7. The van der Waals surface area contributed by atoms with Crippen LogP contribution < -0.4 is 4.90 Å². The molecule has 1 amide bonds. The van der Waals surface area contributed by atoms with Crippen molar-refractivity contribution in [3.8, 4) is 0 Å². The van der Waals surface area contributed by atoms with Crippen LogP contribution in [0, 0.1) is 0 Å². The normalized spacial score (nSPS) is 10.5. The fourth-order valence-corrected chi connectivity index (χ4v) is 2.68. The van der Waals surface area contributed by atoms with Crippen molar-refractivity contribution in [1.82, 2.24) is 14.5 Å². The van der Waals surface area contributed by atoms with Crippen LogP contribution in [0.4, 0.5) is 5.13 Å². The van der Waals surface area contributed by atoms with Gasteiger partial charge in [0.1, 0.15) is 5.69 Å². The van der Waals surface area contributed by atoms with Crippen molar-refractivity contribution < 1.29 is 4.79 Å². The first kappa shape index (κ1) is 13.5. The lowest BCUT2D eigenvalue weighted by Crippen LogP contribution is -2.28. The second kappa shape index (κ2) is 5.88. The van der Waals surface area contributed by atoms with Gasteiger partial charge in [0, 0.05) is 43.8 Å². The van der Waals surface area contributed by atoms with Crippen LogP contribution in [0.1, 0.15) is 16.1 Å². The summed E-state index contributed by atoms with van der Waals surface area (Å²) in [5.41, 5.74) is 1.75. The Balaban J connectivity index is 1.83. The van der Waals surface area contributed by atoms with Crippen LogP contribution in [0.5, 0.6) is 0 Å². The van der Waals surface area contributed by atoms with Crippen molar-refractivity contribution in [2.45, 2.75) is 6.54 Å². The molecule has 0 aliphatic heterocycles. The smallest absolute Gasteiger partial charge is 0.276 e. The molecule has 0 radical (unpaired) electrons. The molecule has 0 unspecified atom stereocenters. The van der Waals surface area contributed by atoms with Crippen LogP contribution in [0.25, 0.3) is 0 Å². The molecule has 0 atom stereocenters. The van der Waals surface area contributed by atoms with Gasteiger partial charge >= 0.3 is 0 Å². The summed E-state index contributed by atoms with van der Waals surface area (Å²) >= 11 is 1.44. The molecule has 0 spiro atoms. The van der Waals surface area contributed by atoms with Gasteiger partial charge < -0.3 is 4.57 Å². The van der Waals surface area contributed by atoms with Gasteiger partial charge in [0.25, 0.3) is 5.91 Å². The van der Waals surface area contributed by atoms with E-state index < -0.39 is 0 Å². The van der Waals surface area contributed by atoms with E-state index in [9.17, 15) is 4.79 Å². The third kappa shape index (κ3) is 2.85. The Morgan fingerprint density at radius 1 is 1.29 bits per heavy atom. The summed E-state index contributed by atoms with van der Waals surface area (Å²) in [6.45, 7) is 0.641. The first-order valence-electron chi connectivity index (χ1n) is 6.47. The minimum Gasteiger partial charge on any atom is -0.339 e. The molecule has 21 heavy (non-hydrogen) atoms. The Hall–Kier alpha value is -2.47. The van der Waals surface area contributed by atoms with E-state index in [1.807, 2.05) is 40.4 Å². The molecule has 0 aliphatic carbocycles. The molecule has 0 saturated carbocycles. The number of pyridine rings is 1. The standard InChI is InChI=1S/C15H14N4OS/c1-18(15-17-8-10-21-15)14(20)13-3-2-9-19(13)11-12-4-6-16-7-5-12/h2-10H,11H2,1H3. The number of amides is 1. The van der Waals surface area contributed by atoms with Gasteiger partial charge in [-0.3, -0.25) is 14.7 Å². The second-order valence-corrected chi connectivity index (χ2v) is 5.43. The number of hydrogen-bond acceptors (Lipinski definition) is 4. The third-order valence-electron chi connectivity index (χ3n) is 3.16. The van der Waals surface area contributed by atoms with E-state index in [1.165, 1.54) is 11.3 Å². The predicted molar refractivity (Wildman–Crippen MR) is 82.6 cm³/mol. The van der Waals surface area contributed by atoms with E-state index in [1.54, 1.807) is 30.5 Å². The molecule has 3 aromatic heterocycles. The molecule has 3 heterocycles. The van der Waals surface area contributed by atoms with Gasteiger partial charge in [-0.05, 0) is 29.8 Å². The largest absolute Gasteiger partial charge is 0.339 e. The summed E-state index contributed by atoms with van der Waals surface area (Å²) in [5, 5.41) is 2.55. The van der Waals surface area contributed by atoms with Crippen molar-refractivity contribution in [3.63, 3.8) is 0 Å². The van der Waals surface area contributed by atoms with Crippen molar-refractivity contribution in [2.24, 2.45) is 0 Å². The molecule has 0 saturated heterocycles. The molecular formula is C15H14N4OS. The maximum Gasteiger partial charge on any atom is 0.276 e. The van der Waals surface area contributed by atoms with Gasteiger partial charge in [-0.1, -0.05) is 0 Å². The van der Waals surface area contributed by atoms with Crippen molar-refractivity contribution in [3.05, 3.63) is 65.7 Å².